The van der Waals surface area contributed by atoms with Crippen molar-refractivity contribution in [2.24, 2.45) is 0 Å². The minimum absolute atomic E-state index is 0.197. The highest BCUT2D eigenvalue weighted by molar-refractivity contribution is 7.86. The first-order chi connectivity index (χ1) is 7.38. The van der Waals surface area contributed by atoms with Crippen LogP contribution < -0.4 is 0 Å². The summed E-state index contributed by atoms with van der Waals surface area (Å²) in [7, 11) is -3.85. The molecule has 0 amide bonds. The second-order valence-corrected chi connectivity index (χ2v) is 6.21. The summed E-state index contributed by atoms with van der Waals surface area (Å²) in [5.74, 6) is 0. The van der Waals surface area contributed by atoms with Crippen molar-refractivity contribution in [3.05, 3.63) is 0 Å². The molecule has 0 aromatic heterocycles. The van der Waals surface area contributed by atoms with Crippen LogP contribution in [-0.2, 0) is 10.1 Å². The van der Waals surface area contributed by atoms with Crippen LogP contribution in [0.15, 0.2) is 0 Å². The highest BCUT2D eigenvalue weighted by Gasteiger charge is 2.15. The van der Waals surface area contributed by atoms with Crippen molar-refractivity contribution < 1.29 is 18.1 Å². The van der Waals surface area contributed by atoms with Gasteiger partial charge in [-0.2, -0.15) is 8.42 Å². The number of aliphatic hydroxyl groups is 1. The topological polar surface area (TPSA) is 74.6 Å². The molecule has 0 rings (SSSR count). The molecule has 5 heteroatoms. The van der Waals surface area contributed by atoms with Crippen LogP contribution >= 0.6 is 0 Å². The molecule has 16 heavy (non-hydrogen) atoms. The van der Waals surface area contributed by atoms with Crippen molar-refractivity contribution in [3.63, 3.8) is 0 Å². The van der Waals surface area contributed by atoms with Crippen molar-refractivity contribution in [2.75, 3.05) is 0 Å². The van der Waals surface area contributed by atoms with E-state index in [0.29, 0.717) is 6.42 Å². The quantitative estimate of drug-likeness (QED) is 0.488. The lowest BCUT2D eigenvalue weighted by Crippen LogP contribution is -2.16. The molecule has 0 saturated carbocycles. The van der Waals surface area contributed by atoms with Gasteiger partial charge in [0.2, 0.25) is 0 Å². The maximum Gasteiger partial charge on any atom is 0.267 e. The summed E-state index contributed by atoms with van der Waals surface area (Å²) >= 11 is 0. The number of unbranched alkanes of at least 4 members (excludes halogenated alkanes) is 3. The maximum atomic E-state index is 10.7. The van der Waals surface area contributed by atoms with Gasteiger partial charge in [-0.25, -0.2) is 0 Å². The normalized spacial score (nSPS) is 16.0. The molecule has 0 aromatic rings. The average Bonchev–Trinajstić information content (AvgIpc) is 2.20. The van der Waals surface area contributed by atoms with Gasteiger partial charge in [-0.05, 0) is 26.2 Å². The highest BCUT2D eigenvalue weighted by atomic mass is 32.2. The van der Waals surface area contributed by atoms with Crippen molar-refractivity contribution in [1.82, 2.24) is 0 Å². The maximum absolute atomic E-state index is 10.7. The molecule has 0 aromatic carbocycles. The van der Waals surface area contributed by atoms with Crippen LogP contribution in [0, 0.1) is 0 Å². The van der Waals surface area contributed by atoms with Gasteiger partial charge in [-0.15, -0.1) is 0 Å². The van der Waals surface area contributed by atoms with Crippen molar-refractivity contribution >= 4 is 10.1 Å². The molecule has 0 saturated heterocycles. The van der Waals surface area contributed by atoms with Gasteiger partial charge >= 0.3 is 0 Å². The Kier molecular flexibility index (Phi) is 7.97. The first-order valence-corrected chi connectivity index (χ1v) is 7.52. The summed E-state index contributed by atoms with van der Waals surface area (Å²) in [6.45, 7) is 3.48. The first kappa shape index (κ1) is 15.9. The molecule has 0 heterocycles. The zero-order valence-corrected chi connectivity index (χ0v) is 11.0. The van der Waals surface area contributed by atoms with E-state index < -0.39 is 15.4 Å². The van der Waals surface area contributed by atoms with E-state index in [0.717, 1.165) is 38.5 Å². The van der Waals surface area contributed by atoms with E-state index in [4.69, 9.17) is 4.55 Å². The number of hydrogen-bond donors (Lipinski definition) is 2. The van der Waals surface area contributed by atoms with Gasteiger partial charge in [0.05, 0.1) is 11.4 Å². The fraction of sp³-hybridized carbons (Fsp3) is 1.00. The predicted octanol–water partition coefficient (Wildman–Crippen LogP) is 2.37. The van der Waals surface area contributed by atoms with Crippen LogP contribution in [0.4, 0.5) is 0 Å². The Hall–Kier alpha value is -0.130. The molecule has 2 atom stereocenters. The zero-order chi connectivity index (χ0) is 12.6. The second kappa shape index (κ2) is 8.03. The van der Waals surface area contributed by atoms with Crippen molar-refractivity contribution in [1.29, 1.82) is 0 Å². The van der Waals surface area contributed by atoms with E-state index in [2.05, 4.69) is 0 Å². The molecule has 0 radical (unpaired) electrons. The van der Waals surface area contributed by atoms with E-state index >= 15 is 0 Å². The van der Waals surface area contributed by atoms with Gasteiger partial charge in [0.1, 0.15) is 0 Å². The smallest absolute Gasteiger partial charge is 0.267 e. The molecule has 98 valence electrons. The van der Waals surface area contributed by atoms with Gasteiger partial charge in [0.15, 0.2) is 0 Å². The Morgan fingerprint density at radius 1 is 1.06 bits per heavy atom. The SMILES string of the molecule is CCC(O)CCCCCCC(C)S(=O)(=O)O. The predicted molar refractivity (Wildman–Crippen MR) is 65.0 cm³/mol. The van der Waals surface area contributed by atoms with Crippen LogP contribution in [0.5, 0.6) is 0 Å². The third-order valence-corrected chi connectivity index (χ3v) is 4.13. The summed E-state index contributed by atoms with van der Waals surface area (Å²) in [4.78, 5) is 0. The molecule has 0 aliphatic heterocycles. The molecule has 0 bridgehead atoms. The van der Waals surface area contributed by atoms with E-state index in [1.54, 1.807) is 0 Å². The Morgan fingerprint density at radius 3 is 2.00 bits per heavy atom. The minimum atomic E-state index is -3.85. The molecular weight excluding hydrogens is 228 g/mol. The molecule has 2 N–H and O–H groups in total. The van der Waals surface area contributed by atoms with Crippen LogP contribution in [0.3, 0.4) is 0 Å². The van der Waals surface area contributed by atoms with Crippen molar-refractivity contribution in [2.45, 2.75) is 70.1 Å². The molecule has 4 nitrogen and oxygen atoms in total. The standard InChI is InChI=1S/C11H24O4S/c1-3-11(12)9-7-5-4-6-8-10(2)16(13,14)15/h10-12H,3-9H2,1-2H3,(H,13,14,15). The first-order valence-electron chi connectivity index (χ1n) is 6.02. The van der Waals surface area contributed by atoms with Gasteiger partial charge in [0.25, 0.3) is 10.1 Å². The summed E-state index contributed by atoms with van der Waals surface area (Å²) in [5.41, 5.74) is 0. The summed E-state index contributed by atoms with van der Waals surface area (Å²) in [6, 6.07) is 0. The van der Waals surface area contributed by atoms with Gasteiger partial charge in [-0.1, -0.05) is 32.6 Å². The van der Waals surface area contributed by atoms with Gasteiger partial charge in [-0.3, -0.25) is 4.55 Å². The highest BCUT2D eigenvalue weighted by Crippen LogP contribution is 2.12. The van der Waals surface area contributed by atoms with E-state index in [9.17, 15) is 13.5 Å². The molecule has 0 aliphatic rings. The molecular formula is C11H24O4S. The van der Waals surface area contributed by atoms with Crippen LogP contribution in [0.1, 0.15) is 58.8 Å². The Morgan fingerprint density at radius 2 is 1.56 bits per heavy atom. The van der Waals surface area contributed by atoms with E-state index in [1.165, 1.54) is 6.92 Å². The van der Waals surface area contributed by atoms with Crippen molar-refractivity contribution in [3.8, 4) is 0 Å². The fourth-order valence-corrected chi connectivity index (χ4v) is 1.98. The molecule has 0 aliphatic carbocycles. The Labute approximate surface area is 98.8 Å². The third-order valence-electron chi connectivity index (χ3n) is 2.88. The Bertz CT molecular complexity index is 261. The molecule has 0 fully saturated rings. The molecule has 2 unspecified atom stereocenters. The number of rotatable bonds is 9. The Balaban J connectivity index is 3.41. The largest absolute Gasteiger partial charge is 0.393 e. The second-order valence-electron chi connectivity index (χ2n) is 4.38. The van der Waals surface area contributed by atoms with E-state index in [1.807, 2.05) is 6.92 Å². The third kappa shape index (κ3) is 8.07. The van der Waals surface area contributed by atoms with Gasteiger partial charge in [0, 0.05) is 0 Å². The zero-order valence-electron chi connectivity index (χ0n) is 10.2. The lowest BCUT2D eigenvalue weighted by atomic mass is 10.1. The van der Waals surface area contributed by atoms with Gasteiger partial charge < -0.3 is 5.11 Å². The van der Waals surface area contributed by atoms with Crippen LogP contribution in [0.2, 0.25) is 0 Å². The molecule has 0 spiro atoms. The fourth-order valence-electron chi connectivity index (χ4n) is 1.52. The monoisotopic (exact) mass is 252 g/mol. The minimum Gasteiger partial charge on any atom is -0.393 e. The lowest BCUT2D eigenvalue weighted by Gasteiger charge is -2.08. The summed E-state index contributed by atoms with van der Waals surface area (Å²) < 4.78 is 30.1. The van der Waals surface area contributed by atoms with Crippen LogP contribution in [-0.4, -0.2) is 29.4 Å². The lowest BCUT2D eigenvalue weighted by molar-refractivity contribution is 0.156. The summed E-state index contributed by atoms with van der Waals surface area (Å²) in [5, 5.41) is 8.64. The van der Waals surface area contributed by atoms with Crippen LogP contribution in [0.25, 0.3) is 0 Å². The summed E-state index contributed by atoms with van der Waals surface area (Å²) in [6.07, 6.45) is 5.68. The number of hydrogen-bond acceptors (Lipinski definition) is 3. The van der Waals surface area contributed by atoms with E-state index in [-0.39, 0.29) is 6.10 Å². The average molecular weight is 252 g/mol. The number of aliphatic hydroxyl groups excluding tert-OH is 1.